The molecule has 2 aromatic rings. The van der Waals surface area contributed by atoms with Crippen LogP contribution in [0.2, 0.25) is 0 Å². The summed E-state index contributed by atoms with van der Waals surface area (Å²) >= 11 is 0. The number of carbonyl (C=O) groups is 1. The van der Waals surface area contributed by atoms with Gasteiger partial charge in [-0.2, -0.15) is 5.10 Å². The Kier molecular flexibility index (Phi) is 5.16. The molecule has 6 nitrogen and oxygen atoms in total. The molecule has 1 amide bonds. The lowest BCUT2D eigenvalue weighted by atomic mass is 10.0. The van der Waals surface area contributed by atoms with E-state index in [9.17, 15) is 4.79 Å². The van der Waals surface area contributed by atoms with Crippen molar-refractivity contribution in [2.24, 2.45) is 7.05 Å². The molecule has 0 radical (unpaired) electrons. The molecule has 3 heterocycles. The summed E-state index contributed by atoms with van der Waals surface area (Å²) in [7, 11) is 1.83. The number of likely N-dealkylation sites (tertiary alicyclic amines) is 1. The Balaban J connectivity index is 1.36. The first-order valence-electron chi connectivity index (χ1n) is 9.95. The topological polar surface area (TPSA) is 44.6 Å². The molecule has 2 aliphatic heterocycles. The SMILES string of the molecule is Cc1ccccc1N1CCN([C@@H]2CCCN(C(=O)c3ccnn3C)C2)CC1. The van der Waals surface area contributed by atoms with Gasteiger partial charge in [0, 0.05) is 64.2 Å². The number of amides is 1. The van der Waals surface area contributed by atoms with Crippen LogP contribution in [0, 0.1) is 6.92 Å². The van der Waals surface area contributed by atoms with Crippen LogP contribution in [-0.4, -0.2) is 70.8 Å². The van der Waals surface area contributed by atoms with Crippen LogP contribution in [0.15, 0.2) is 36.5 Å². The van der Waals surface area contributed by atoms with Crippen molar-refractivity contribution in [2.75, 3.05) is 44.2 Å². The third kappa shape index (κ3) is 3.72. The normalized spacial score (nSPS) is 21.5. The Morgan fingerprint density at radius 1 is 1.07 bits per heavy atom. The van der Waals surface area contributed by atoms with Crippen LogP contribution in [-0.2, 0) is 7.05 Å². The van der Waals surface area contributed by atoms with Crippen molar-refractivity contribution in [2.45, 2.75) is 25.8 Å². The summed E-state index contributed by atoms with van der Waals surface area (Å²) < 4.78 is 1.67. The van der Waals surface area contributed by atoms with Crippen molar-refractivity contribution in [3.05, 3.63) is 47.8 Å². The number of aryl methyl sites for hydroxylation is 2. The van der Waals surface area contributed by atoms with Gasteiger partial charge in [-0.05, 0) is 37.5 Å². The molecular formula is C21H29N5O. The maximum atomic E-state index is 12.8. The van der Waals surface area contributed by atoms with Crippen molar-refractivity contribution in [1.29, 1.82) is 0 Å². The van der Waals surface area contributed by atoms with E-state index in [2.05, 4.69) is 46.1 Å². The molecule has 0 unspecified atom stereocenters. The van der Waals surface area contributed by atoms with Gasteiger partial charge in [-0.1, -0.05) is 18.2 Å². The lowest BCUT2D eigenvalue weighted by Gasteiger charge is -2.44. The molecule has 27 heavy (non-hydrogen) atoms. The zero-order valence-electron chi connectivity index (χ0n) is 16.3. The van der Waals surface area contributed by atoms with Gasteiger partial charge in [-0.25, -0.2) is 0 Å². The second-order valence-electron chi connectivity index (χ2n) is 7.70. The number of piperazine rings is 1. The Labute approximate surface area is 161 Å². The molecule has 1 aromatic carbocycles. The van der Waals surface area contributed by atoms with Crippen molar-refractivity contribution in [3.8, 4) is 0 Å². The summed E-state index contributed by atoms with van der Waals surface area (Å²) in [5.74, 6) is 0.109. The maximum Gasteiger partial charge on any atom is 0.272 e. The molecule has 1 aromatic heterocycles. The van der Waals surface area contributed by atoms with Crippen LogP contribution in [0.1, 0.15) is 28.9 Å². The fraction of sp³-hybridized carbons (Fsp3) is 0.524. The first-order chi connectivity index (χ1) is 13.1. The van der Waals surface area contributed by atoms with E-state index in [-0.39, 0.29) is 5.91 Å². The first kappa shape index (κ1) is 18.0. The van der Waals surface area contributed by atoms with E-state index >= 15 is 0 Å². The van der Waals surface area contributed by atoms with Gasteiger partial charge < -0.3 is 9.80 Å². The third-order valence-corrected chi connectivity index (χ3v) is 6.01. The molecule has 0 spiro atoms. The van der Waals surface area contributed by atoms with Gasteiger partial charge in [0.25, 0.3) is 5.91 Å². The summed E-state index contributed by atoms with van der Waals surface area (Å²) in [5, 5.41) is 4.14. The zero-order chi connectivity index (χ0) is 18.8. The van der Waals surface area contributed by atoms with Crippen molar-refractivity contribution >= 4 is 11.6 Å². The third-order valence-electron chi connectivity index (χ3n) is 6.01. The van der Waals surface area contributed by atoms with Gasteiger partial charge in [-0.3, -0.25) is 14.4 Å². The maximum absolute atomic E-state index is 12.8. The number of para-hydroxylation sites is 1. The molecule has 2 saturated heterocycles. The van der Waals surface area contributed by atoms with E-state index in [1.165, 1.54) is 17.7 Å². The molecule has 6 heteroatoms. The van der Waals surface area contributed by atoms with Gasteiger partial charge in [-0.15, -0.1) is 0 Å². The molecule has 2 fully saturated rings. The number of carbonyl (C=O) groups excluding carboxylic acids is 1. The number of anilines is 1. The molecule has 0 N–H and O–H groups in total. The van der Waals surface area contributed by atoms with E-state index < -0.39 is 0 Å². The minimum atomic E-state index is 0.109. The number of rotatable bonds is 3. The number of aromatic nitrogens is 2. The molecule has 4 rings (SSSR count). The van der Waals surface area contributed by atoms with E-state index in [0.717, 1.165) is 45.7 Å². The average molecular weight is 367 g/mol. The van der Waals surface area contributed by atoms with Crippen molar-refractivity contribution < 1.29 is 4.79 Å². The van der Waals surface area contributed by atoms with E-state index in [4.69, 9.17) is 0 Å². The summed E-state index contributed by atoms with van der Waals surface area (Å²) in [6.45, 7) is 8.09. The predicted octanol–water partition coefficient (Wildman–Crippen LogP) is 2.16. The highest BCUT2D eigenvalue weighted by Gasteiger charge is 2.31. The molecule has 0 aliphatic carbocycles. The monoisotopic (exact) mass is 367 g/mol. The summed E-state index contributed by atoms with van der Waals surface area (Å²) in [6.07, 6.45) is 3.95. The lowest BCUT2D eigenvalue weighted by Crippen LogP contribution is -2.56. The molecule has 0 saturated carbocycles. The molecular weight excluding hydrogens is 338 g/mol. The van der Waals surface area contributed by atoms with Gasteiger partial charge >= 0.3 is 0 Å². The molecule has 1 atom stereocenters. The lowest BCUT2D eigenvalue weighted by molar-refractivity contribution is 0.0553. The summed E-state index contributed by atoms with van der Waals surface area (Å²) in [4.78, 5) is 19.9. The fourth-order valence-corrected chi connectivity index (χ4v) is 4.43. The summed E-state index contributed by atoms with van der Waals surface area (Å²) in [6, 6.07) is 10.9. The van der Waals surface area contributed by atoms with E-state index in [1.807, 2.05) is 18.0 Å². The number of piperidine rings is 1. The van der Waals surface area contributed by atoms with E-state index in [0.29, 0.717) is 11.7 Å². The van der Waals surface area contributed by atoms with Crippen LogP contribution in [0.3, 0.4) is 0 Å². The predicted molar refractivity (Wildman–Crippen MR) is 107 cm³/mol. The van der Waals surface area contributed by atoms with Crippen molar-refractivity contribution in [3.63, 3.8) is 0 Å². The van der Waals surface area contributed by atoms with Gasteiger partial charge in [0.15, 0.2) is 0 Å². The Morgan fingerprint density at radius 3 is 2.56 bits per heavy atom. The fourth-order valence-electron chi connectivity index (χ4n) is 4.43. The smallest absolute Gasteiger partial charge is 0.272 e. The number of hydrogen-bond acceptors (Lipinski definition) is 4. The number of hydrogen-bond donors (Lipinski definition) is 0. The van der Waals surface area contributed by atoms with Crippen LogP contribution in [0.4, 0.5) is 5.69 Å². The molecule has 0 bridgehead atoms. The Hall–Kier alpha value is -2.34. The number of nitrogens with zero attached hydrogens (tertiary/aromatic N) is 5. The van der Waals surface area contributed by atoms with Crippen LogP contribution >= 0.6 is 0 Å². The van der Waals surface area contributed by atoms with Crippen LogP contribution < -0.4 is 4.90 Å². The van der Waals surface area contributed by atoms with Crippen LogP contribution in [0.25, 0.3) is 0 Å². The minimum absolute atomic E-state index is 0.109. The first-order valence-corrected chi connectivity index (χ1v) is 9.95. The second kappa shape index (κ2) is 7.72. The highest BCUT2D eigenvalue weighted by Crippen LogP contribution is 2.24. The highest BCUT2D eigenvalue weighted by atomic mass is 16.2. The Morgan fingerprint density at radius 2 is 1.85 bits per heavy atom. The molecule has 2 aliphatic rings. The zero-order valence-corrected chi connectivity index (χ0v) is 16.3. The van der Waals surface area contributed by atoms with Crippen LogP contribution in [0.5, 0.6) is 0 Å². The van der Waals surface area contributed by atoms with Gasteiger partial charge in [0.1, 0.15) is 5.69 Å². The second-order valence-corrected chi connectivity index (χ2v) is 7.70. The Bertz CT molecular complexity index is 793. The molecule has 144 valence electrons. The quantitative estimate of drug-likeness (QED) is 0.834. The standard InChI is InChI=1S/C21H29N5O/c1-17-6-3-4-8-19(17)25-14-12-24(13-15-25)18-7-5-11-26(16-18)21(27)20-9-10-22-23(20)2/h3-4,6,8-10,18H,5,7,11-16H2,1-2H3/t18-/m1/s1. The number of benzene rings is 1. The van der Waals surface area contributed by atoms with Gasteiger partial charge in [0.05, 0.1) is 0 Å². The largest absolute Gasteiger partial charge is 0.369 e. The van der Waals surface area contributed by atoms with Crippen molar-refractivity contribution in [1.82, 2.24) is 19.6 Å². The van der Waals surface area contributed by atoms with Gasteiger partial charge in [0.2, 0.25) is 0 Å². The average Bonchev–Trinajstić information content (AvgIpc) is 3.14. The summed E-state index contributed by atoms with van der Waals surface area (Å²) in [5.41, 5.74) is 3.38. The minimum Gasteiger partial charge on any atom is -0.369 e. The highest BCUT2D eigenvalue weighted by molar-refractivity contribution is 5.92. The van der Waals surface area contributed by atoms with E-state index in [1.54, 1.807) is 10.9 Å².